The minimum absolute atomic E-state index is 0.218. The summed E-state index contributed by atoms with van der Waals surface area (Å²) in [6.07, 6.45) is -0.508. The average Bonchev–Trinajstić information content (AvgIpc) is 2.26. The van der Waals surface area contributed by atoms with Gasteiger partial charge in [0.05, 0.1) is 0 Å². The number of ether oxygens (including phenoxy) is 1. The quantitative estimate of drug-likeness (QED) is 0.648. The fourth-order valence-corrected chi connectivity index (χ4v) is 1.50. The normalized spacial score (nSPS) is 12.6. The van der Waals surface area contributed by atoms with Crippen LogP contribution in [0.5, 0.6) is 0 Å². The number of carboxylic acid groups (broad SMARTS) is 1. The van der Waals surface area contributed by atoms with Crippen molar-refractivity contribution in [2.75, 3.05) is 0 Å². The number of hydrogen-bond donors (Lipinski definition) is 2. The summed E-state index contributed by atoms with van der Waals surface area (Å²) < 4.78 is 5.04. The maximum Gasteiger partial charge on any atom is 0.408 e. The number of nitrogens with one attached hydrogen (secondary N) is 1. The largest absolute Gasteiger partial charge is 0.480 e. The van der Waals surface area contributed by atoms with Crippen LogP contribution in [0.25, 0.3) is 0 Å². The third-order valence-corrected chi connectivity index (χ3v) is 2.27. The Morgan fingerprint density at radius 2 is 1.84 bits per heavy atom. The summed E-state index contributed by atoms with van der Waals surface area (Å²) >= 11 is 0. The Hall–Kier alpha value is -2.04. The number of carbonyl (C=O) groups excluding carboxylic acids is 1. The van der Waals surface area contributed by atoms with Crippen molar-refractivity contribution in [2.24, 2.45) is 0 Å². The molecule has 5 heteroatoms. The molecule has 0 fully saturated rings. The Morgan fingerprint density at radius 1 is 1.26 bits per heavy atom. The molecule has 1 rings (SSSR count). The second kappa shape index (κ2) is 6.22. The van der Waals surface area contributed by atoms with Gasteiger partial charge in [0.2, 0.25) is 0 Å². The lowest BCUT2D eigenvalue weighted by atomic mass is 10.2. The highest BCUT2D eigenvalue weighted by Crippen LogP contribution is 2.08. The van der Waals surface area contributed by atoms with Crippen LogP contribution in [-0.2, 0) is 16.0 Å². The van der Waals surface area contributed by atoms with E-state index in [4.69, 9.17) is 9.84 Å². The first-order valence-corrected chi connectivity index (χ1v) is 6.04. The summed E-state index contributed by atoms with van der Waals surface area (Å²) in [7, 11) is 0. The zero-order valence-corrected chi connectivity index (χ0v) is 11.3. The first kappa shape index (κ1) is 15.0. The highest BCUT2D eigenvalue weighted by molar-refractivity contribution is 5.80. The van der Waals surface area contributed by atoms with Crippen molar-refractivity contribution in [3.05, 3.63) is 35.9 Å². The molecule has 1 amide bonds. The van der Waals surface area contributed by atoms with Crippen molar-refractivity contribution < 1.29 is 19.4 Å². The summed E-state index contributed by atoms with van der Waals surface area (Å²) in [4.78, 5) is 22.7. The predicted molar refractivity (Wildman–Crippen MR) is 70.9 cm³/mol. The van der Waals surface area contributed by atoms with Gasteiger partial charge in [0.1, 0.15) is 11.6 Å². The highest BCUT2D eigenvalue weighted by atomic mass is 16.6. The molecule has 0 radical (unpaired) electrons. The van der Waals surface area contributed by atoms with Gasteiger partial charge in [-0.15, -0.1) is 0 Å². The van der Waals surface area contributed by atoms with Crippen molar-refractivity contribution >= 4 is 12.1 Å². The van der Waals surface area contributed by atoms with Gasteiger partial charge in [-0.05, 0) is 26.3 Å². The van der Waals surface area contributed by atoms with E-state index in [1.165, 1.54) is 0 Å². The van der Waals surface area contributed by atoms with Gasteiger partial charge in [-0.1, -0.05) is 30.3 Å². The molecule has 19 heavy (non-hydrogen) atoms. The van der Waals surface area contributed by atoms with E-state index >= 15 is 0 Å². The molecular weight excluding hydrogens is 249 g/mol. The lowest BCUT2D eigenvalue weighted by molar-refractivity contribution is -0.139. The van der Waals surface area contributed by atoms with E-state index in [0.717, 1.165) is 5.56 Å². The maximum absolute atomic E-state index is 11.6. The molecule has 0 aliphatic heterocycles. The van der Waals surface area contributed by atoms with Crippen LogP contribution in [0.15, 0.2) is 30.3 Å². The molecule has 0 heterocycles. The number of carbonyl (C=O) groups is 2. The van der Waals surface area contributed by atoms with Gasteiger partial charge in [-0.2, -0.15) is 0 Å². The Kier molecular flexibility index (Phi) is 4.92. The van der Waals surface area contributed by atoms with Crippen molar-refractivity contribution in [2.45, 2.75) is 38.8 Å². The lowest BCUT2D eigenvalue weighted by Crippen LogP contribution is -2.44. The minimum atomic E-state index is -1.09. The third kappa shape index (κ3) is 5.90. The summed E-state index contributed by atoms with van der Waals surface area (Å²) in [6.45, 7) is 5.17. The van der Waals surface area contributed by atoms with Gasteiger partial charge >= 0.3 is 12.1 Å². The van der Waals surface area contributed by atoms with Crippen LogP contribution < -0.4 is 5.32 Å². The molecule has 2 N–H and O–H groups in total. The van der Waals surface area contributed by atoms with Gasteiger partial charge in [-0.25, -0.2) is 9.59 Å². The van der Waals surface area contributed by atoms with Crippen molar-refractivity contribution in [1.82, 2.24) is 5.32 Å². The standard InChI is InChI=1S/C14H19NO4/c1-14(2,3)19-13(18)15-11(12(16)17)9-10-7-5-4-6-8-10/h4-8,11H,9H2,1-3H3,(H,15,18)(H,16,17)/t11-/m0/s1/i11+1,12+1,15+1. The second-order valence-electron chi connectivity index (χ2n) is 5.23. The molecular formula is C14H19NO4. The molecule has 0 saturated carbocycles. The number of rotatable bonds is 4. The zero-order valence-electron chi connectivity index (χ0n) is 11.3. The van der Waals surface area contributed by atoms with Crippen molar-refractivity contribution in [1.29, 1.82) is 0 Å². The first-order valence-electron chi connectivity index (χ1n) is 6.04. The molecule has 1 aromatic carbocycles. The van der Waals surface area contributed by atoms with Gasteiger partial charge in [-0.3, -0.25) is 0 Å². The minimum Gasteiger partial charge on any atom is -0.480 e. The van der Waals surface area contributed by atoms with E-state index in [0.29, 0.717) is 0 Å². The van der Waals surface area contributed by atoms with E-state index < -0.39 is 23.7 Å². The van der Waals surface area contributed by atoms with Crippen LogP contribution >= 0.6 is 0 Å². The SMILES string of the molecule is CC(C)(C)OC(=O)[15NH][13C@@H](Cc1ccccc1)[13C](=O)O. The molecule has 0 aliphatic carbocycles. The first-order chi connectivity index (χ1) is 8.78. The molecule has 104 valence electrons. The van der Waals surface area contributed by atoms with Crippen molar-refractivity contribution in [3.8, 4) is 0 Å². The molecule has 0 unspecified atom stereocenters. The molecule has 0 saturated heterocycles. The van der Waals surface area contributed by atoms with E-state index in [1.54, 1.807) is 20.8 Å². The Balaban J connectivity index is 2.64. The molecule has 0 spiro atoms. The van der Waals surface area contributed by atoms with Crippen LogP contribution in [-0.4, -0.2) is 28.8 Å². The smallest absolute Gasteiger partial charge is 0.408 e. The predicted octanol–water partition coefficient (Wildman–Crippen LogP) is 2.21. The monoisotopic (exact) mass is 268 g/mol. The third-order valence-electron chi connectivity index (χ3n) is 2.27. The van der Waals surface area contributed by atoms with Gasteiger partial charge in [0, 0.05) is 6.42 Å². The maximum atomic E-state index is 11.6. The number of aliphatic carboxylic acids is 1. The summed E-state index contributed by atoms with van der Waals surface area (Å²) in [5.74, 6) is -1.09. The Morgan fingerprint density at radius 3 is 2.32 bits per heavy atom. The number of alkyl carbamates (subject to hydrolysis) is 1. The summed E-state index contributed by atoms with van der Waals surface area (Å²) in [6, 6.07) is 8.11. The van der Waals surface area contributed by atoms with E-state index in [-0.39, 0.29) is 6.42 Å². The van der Waals surface area contributed by atoms with Gasteiger partial charge in [0.15, 0.2) is 0 Å². The fourth-order valence-electron chi connectivity index (χ4n) is 1.50. The topological polar surface area (TPSA) is 75.6 Å². The second-order valence-corrected chi connectivity index (χ2v) is 5.23. The van der Waals surface area contributed by atoms with E-state index in [9.17, 15) is 9.59 Å². The Labute approximate surface area is 112 Å². The molecule has 0 bridgehead atoms. The molecule has 1 aromatic rings. The summed E-state index contributed by atoms with van der Waals surface area (Å²) in [5, 5.41) is 11.5. The van der Waals surface area contributed by atoms with Gasteiger partial charge < -0.3 is 15.2 Å². The lowest BCUT2D eigenvalue weighted by Gasteiger charge is -2.22. The number of benzene rings is 1. The van der Waals surface area contributed by atoms with Crippen LogP contribution in [0.1, 0.15) is 26.3 Å². The van der Waals surface area contributed by atoms with Crippen molar-refractivity contribution in [3.63, 3.8) is 0 Å². The highest BCUT2D eigenvalue weighted by Gasteiger charge is 2.23. The van der Waals surface area contributed by atoms with Crippen LogP contribution in [0.3, 0.4) is 0 Å². The number of hydrogen-bond acceptors (Lipinski definition) is 3. The van der Waals surface area contributed by atoms with E-state index in [1.807, 2.05) is 30.3 Å². The molecule has 5 nitrogen and oxygen atoms in total. The van der Waals surface area contributed by atoms with Crippen LogP contribution in [0.4, 0.5) is 4.79 Å². The van der Waals surface area contributed by atoms with E-state index in [2.05, 4.69) is 5.32 Å². The Bertz CT molecular complexity index is 437. The van der Waals surface area contributed by atoms with Gasteiger partial charge in [0.25, 0.3) is 0 Å². The van der Waals surface area contributed by atoms with Crippen LogP contribution in [0.2, 0.25) is 0 Å². The average molecular weight is 268 g/mol. The summed E-state index contributed by atoms with van der Waals surface area (Å²) in [5.41, 5.74) is 0.186. The molecule has 1 atom stereocenters. The molecule has 0 aliphatic rings. The number of carboxylic acids is 1. The zero-order chi connectivity index (χ0) is 14.5. The molecule has 0 aromatic heterocycles. The fraction of sp³-hybridized carbons (Fsp3) is 0.429. The van der Waals surface area contributed by atoms with Crippen LogP contribution in [0, 0.1) is 0 Å². The number of amides is 1.